The van der Waals surface area contributed by atoms with Gasteiger partial charge in [-0.05, 0) is 12.1 Å². The number of esters is 1. The third kappa shape index (κ3) is 2.06. The van der Waals surface area contributed by atoms with Crippen LogP contribution in [0.15, 0.2) is 12.1 Å². The lowest BCUT2D eigenvalue weighted by Gasteiger charge is -2.10. The Hall–Kier alpha value is -2.22. The summed E-state index contributed by atoms with van der Waals surface area (Å²) in [7, 11) is 4.13. The van der Waals surface area contributed by atoms with Crippen molar-refractivity contribution in [1.29, 1.82) is 5.26 Å². The number of carbonyl (C=O) groups is 1. The zero-order valence-corrected chi connectivity index (χ0v) is 9.23. The van der Waals surface area contributed by atoms with Crippen LogP contribution in [0, 0.1) is 11.3 Å². The summed E-state index contributed by atoms with van der Waals surface area (Å²) in [5.74, 6) is 0.0945. The second kappa shape index (κ2) is 5.03. The monoisotopic (exact) mass is 221 g/mol. The highest BCUT2D eigenvalue weighted by molar-refractivity contribution is 5.91. The largest absolute Gasteiger partial charge is 0.493 e. The van der Waals surface area contributed by atoms with Crippen LogP contribution in [0.1, 0.15) is 15.9 Å². The normalized spacial score (nSPS) is 9.12. The van der Waals surface area contributed by atoms with Gasteiger partial charge in [-0.15, -0.1) is 0 Å². The van der Waals surface area contributed by atoms with Crippen LogP contribution in [0.4, 0.5) is 0 Å². The number of carbonyl (C=O) groups excluding carboxylic acids is 1. The summed E-state index contributed by atoms with van der Waals surface area (Å²) in [4.78, 5) is 11.3. The molecule has 1 aromatic rings. The molecule has 0 saturated carbocycles. The van der Waals surface area contributed by atoms with Crippen LogP contribution < -0.4 is 9.47 Å². The fourth-order valence-corrected chi connectivity index (χ4v) is 1.28. The van der Waals surface area contributed by atoms with E-state index in [1.807, 2.05) is 6.07 Å². The van der Waals surface area contributed by atoms with Gasteiger partial charge in [0, 0.05) is 0 Å². The van der Waals surface area contributed by atoms with Crippen molar-refractivity contribution in [1.82, 2.24) is 0 Å². The predicted molar refractivity (Wildman–Crippen MR) is 55.6 cm³/mol. The van der Waals surface area contributed by atoms with Gasteiger partial charge in [-0.2, -0.15) is 5.26 Å². The Labute approximate surface area is 93.2 Å². The van der Waals surface area contributed by atoms with E-state index in [9.17, 15) is 4.79 Å². The highest BCUT2D eigenvalue weighted by Gasteiger charge is 2.16. The van der Waals surface area contributed by atoms with Gasteiger partial charge < -0.3 is 14.2 Å². The van der Waals surface area contributed by atoms with Gasteiger partial charge in [-0.25, -0.2) is 4.79 Å². The van der Waals surface area contributed by atoms with Crippen molar-refractivity contribution >= 4 is 5.97 Å². The van der Waals surface area contributed by atoms with Crippen molar-refractivity contribution in [3.63, 3.8) is 0 Å². The molecular formula is C11H11NO4. The van der Waals surface area contributed by atoms with Gasteiger partial charge >= 0.3 is 5.97 Å². The van der Waals surface area contributed by atoms with Gasteiger partial charge in [-0.3, -0.25) is 0 Å². The Kier molecular flexibility index (Phi) is 3.72. The zero-order chi connectivity index (χ0) is 12.1. The summed E-state index contributed by atoms with van der Waals surface area (Å²) in [6.45, 7) is 0. The topological polar surface area (TPSA) is 68.6 Å². The SMILES string of the molecule is COC(=O)c1cc(C#N)c(OC)c(OC)c1. The van der Waals surface area contributed by atoms with Gasteiger partial charge in [0.1, 0.15) is 6.07 Å². The van der Waals surface area contributed by atoms with E-state index in [1.54, 1.807) is 0 Å². The smallest absolute Gasteiger partial charge is 0.338 e. The molecule has 0 fully saturated rings. The molecule has 0 amide bonds. The number of nitrogens with zero attached hydrogens (tertiary/aromatic N) is 1. The first-order valence-corrected chi connectivity index (χ1v) is 4.42. The Morgan fingerprint density at radius 2 is 1.94 bits per heavy atom. The number of methoxy groups -OCH3 is 3. The van der Waals surface area contributed by atoms with Crippen LogP contribution in [0.3, 0.4) is 0 Å². The lowest BCUT2D eigenvalue weighted by Crippen LogP contribution is -2.04. The zero-order valence-electron chi connectivity index (χ0n) is 9.23. The molecule has 0 N–H and O–H groups in total. The minimum Gasteiger partial charge on any atom is -0.493 e. The molecule has 0 aliphatic heterocycles. The van der Waals surface area contributed by atoms with Crippen molar-refractivity contribution in [2.24, 2.45) is 0 Å². The molecule has 0 spiro atoms. The summed E-state index contributed by atoms with van der Waals surface area (Å²) < 4.78 is 14.6. The Bertz CT molecular complexity index is 448. The fraction of sp³-hybridized carbons (Fsp3) is 0.273. The molecule has 0 unspecified atom stereocenters. The number of hydrogen-bond acceptors (Lipinski definition) is 5. The van der Waals surface area contributed by atoms with E-state index in [-0.39, 0.29) is 11.1 Å². The molecule has 1 aromatic carbocycles. The molecule has 0 bridgehead atoms. The maximum Gasteiger partial charge on any atom is 0.338 e. The van der Waals surface area contributed by atoms with Crippen LogP contribution in [-0.2, 0) is 4.74 Å². The summed E-state index contributed by atoms with van der Waals surface area (Å²) in [6, 6.07) is 4.79. The lowest BCUT2D eigenvalue weighted by atomic mass is 10.1. The molecular weight excluding hydrogens is 210 g/mol. The third-order valence-corrected chi connectivity index (χ3v) is 2.02. The maximum atomic E-state index is 11.3. The maximum absolute atomic E-state index is 11.3. The van der Waals surface area contributed by atoms with Crippen LogP contribution in [0.2, 0.25) is 0 Å². The van der Waals surface area contributed by atoms with Crippen LogP contribution >= 0.6 is 0 Å². The molecule has 0 aromatic heterocycles. The second-order valence-electron chi connectivity index (χ2n) is 2.86. The first-order valence-electron chi connectivity index (χ1n) is 4.42. The van der Waals surface area contributed by atoms with Crippen LogP contribution in [0.5, 0.6) is 11.5 Å². The van der Waals surface area contributed by atoms with E-state index in [1.165, 1.54) is 33.5 Å². The molecule has 1 rings (SSSR count). The van der Waals surface area contributed by atoms with Crippen molar-refractivity contribution in [2.45, 2.75) is 0 Å². The molecule has 0 aliphatic rings. The van der Waals surface area contributed by atoms with Crippen LogP contribution in [0.25, 0.3) is 0 Å². The number of benzene rings is 1. The molecule has 5 heteroatoms. The van der Waals surface area contributed by atoms with E-state index in [2.05, 4.69) is 4.74 Å². The highest BCUT2D eigenvalue weighted by atomic mass is 16.5. The fourth-order valence-electron chi connectivity index (χ4n) is 1.28. The van der Waals surface area contributed by atoms with Crippen LogP contribution in [-0.4, -0.2) is 27.3 Å². The molecule has 84 valence electrons. The summed E-state index contributed by atoms with van der Waals surface area (Å²) in [6.07, 6.45) is 0. The summed E-state index contributed by atoms with van der Waals surface area (Å²) >= 11 is 0. The van der Waals surface area contributed by atoms with Gasteiger partial charge in [0.05, 0.1) is 32.5 Å². The quantitative estimate of drug-likeness (QED) is 0.721. The first-order chi connectivity index (χ1) is 7.67. The minimum atomic E-state index is -0.530. The van der Waals surface area contributed by atoms with Crippen molar-refractivity contribution < 1.29 is 19.0 Å². The predicted octanol–water partition coefficient (Wildman–Crippen LogP) is 1.36. The number of rotatable bonds is 3. The molecule has 16 heavy (non-hydrogen) atoms. The molecule has 5 nitrogen and oxygen atoms in total. The standard InChI is InChI=1S/C11H11NO4/c1-14-9-5-7(11(13)16-3)4-8(6-12)10(9)15-2/h4-5H,1-3H3. The number of hydrogen-bond donors (Lipinski definition) is 0. The van der Waals surface area contributed by atoms with E-state index in [0.717, 1.165) is 0 Å². The second-order valence-corrected chi connectivity index (χ2v) is 2.86. The highest BCUT2D eigenvalue weighted by Crippen LogP contribution is 2.32. The van der Waals surface area contributed by atoms with E-state index >= 15 is 0 Å². The number of nitriles is 1. The van der Waals surface area contributed by atoms with E-state index < -0.39 is 5.97 Å². The molecule has 0 atom stereocenters. The first kappa shape index (κ1) is 11.9. The van der Waals surface area contributed by atoms with Crippen molar-refractivity contribution in [2.75, 3.05) is 21.3 Å². The van der Waals surface area contributed by atoms with Gasteiger partial charge in [0.2, 0.25) is 0 Å². The van der Waals surface area contributed by atoms with Gasteiger partial charge in [-0.1, -0.05) is 0 Å². The summed E-state index contributed by atoms with van der Waals surface area (Å²) in [5, 5.41) is 8.91. The van der Waals surface area contributed by atoms with Gasteiger partial charge in [0.15, 0.2) is 11.5 Å². The van der Waals surface area contributed by atoms with E-state index in [4.69, 9.17) is 14.7 Å². The molecule has 0 heterocycles. The van der Waals surface area contributed by atoms with Crippen molar-refractivity contribution in [3.05, 3.63) is 23.3 Å². The Morgan fingerprint density at radius 1 is 1.25 bits per heavy atom. The average molecular weight is 221 g/mol. The molecule has 0 saturated heterocycles. The molecule has 0 radical (unpaired) electrons. The third-order valence-electron chi connectivity index (χ3n) is 2.02. The van der Waals surface area contributed by atoms with Gasteiger partial charge in [0.25, 0.3) is 0 Å². The van der Waals surface area contributed by atoms with E-state index in [0.29, 0.717) is 11.5 Å². The summed E-state index contributed by atoms with van der Waals surface area (Å²) in [5.41, 5.74) is 0.471. The Balaban J connectivity index is 3.38. The molecule has 0 aliphatic carbocycles. The minimum absolute atomic E-state index is 0.224. The number of ether oxygens (including phenoxy) is 3. The Morgan fingerprint density at radius 3 is 2.38 bits per heavy atom. The van der Waals surface area contributed by atoms with Crippen molar-refractivity contribution in [3.8, 4) is 17.6 Å². The lowest BCUT2D eigenvalue weighted by molar-refractivity contribution is 0.0600. The average Bonchev–Trinajstić information content (AvgIpc) is 2.35.